The lowest BCUT2D eigenvalue weighted by atomic mass is 10.1. The second kappa shape index (κ2) is 5.56. The van der Waals surface area contributed by atoms with Crippen LogP contribution in [0.25, 0.3) is 0 Å². The van der Waals surface area contributed by atoms with Crippen molar-refractivity contribution < 1.29 is 0 Å². The average molecular weight is 255 g/mol. The minimum atomic E-state index is 0.253. The smallest absolute Gasteiger partial charge is 0.0544 e. The van der Waals surface area contributed by atoms with Gasteiger partial charge in [-0.3, -0.25) is 0 Å². The molecule has 1 aromatic heterocycles. The van der Waals surface area contributed by atoms with Crippen LogP contribution in [0.1, 0.15) is 48.3 Å². The van der Waals surface area contributed by atoms with Gasteiger partial charge in [-0.2, -0.15) is 0 Å². The van der Waals surface area contributed by atoms with E-state index >= 15 is 0 Å². The third kappa shape index (κ3) is 2.82. The van der Waals surface area contributed by atoms with E-state index < -0.39 is 0 Å². The van der Waals surface area contributed by atoms with Crippen LogP contribution in [-0.2, 0) is 0 Å². The lowest BCUT2D eigenvalue weighted by Crippen LogP contribution is -2.24. The van der Waals surface area contributed by atoms with E-state index in [4.69, 9.17) is 5.73 Å². The number of hydrogen-bond acceptors (Lipinski definition) is 3. The van der Waals surface area contributed by atoms with Gasteiger partial charge in [0.25, 0.3) is 0 Å². The lowest BCUT2D eigenvalue weighted by molar-refractivity contribution is 0.720. The molecule has 0 spiro atoms. The van der Waals surface area contributed by atoms with Crippen LogP contribution in [0, 0.1) is 6.92 Å². The minimum Gasteiger partial charge on any atom is -0.327 e. The molecule has 2 atom stereocenters. The van der Waals surface area contributed by atoms with Crippen molar-refractivity contribution in [1.29, 1.82) is 0 Å². The molecule has 0 aromatic carbocycles. The highest BCUT2D eigenvalue weighted by atomic mass is 32.2. The maximum atomic E-state index is 6.16. The summed E-state index contributed by atoms with van der Waals surface area (Å²) in [5.41, 5.74) is 7.58. The van der Waals surface area contributed by atoms with E-state index in [1.807, 2.05) is 11.3 Å². The number of thioether (sulfide) groups is 1. The second-order valence-electron chi connectivity index (χ2n) is 4.79. The van der Waals surface area contributed by atoms with Crippen LogP contribution in [0.15, 0.2) is 11.4 Å². The standard InChI is InChI=1S/C13H21NS2/c1-9-7-8-15-12(9)13(10(2)14)16-11-5-3-4-6-11/h7-8,10-11,13H,3-6,14H2,1-2H3. The van der Waals surface area contributed by atoms with E-state index in [-0.39, 0.29) is 6.04 Å². The Bertz CT molecular complexity index is 326. The summed E-state index contributed by atoms with van der Waals surface area (Å²) in [6.45, 7) is 4.35. The SMILES string of the molecule is Cc1ccsc1C(SC1CCCC1)C(C)N. The molecule has 0 radical (unpaired) electrons. The number of rotatable bonds is 4. The van der Waals surface area contributed by atoms with Crippen LogP contribution in [0.5, 0.6) is 0 Å². The normalized spacial score (nSPS) is 21.2. The van der Waals surface area contributed by atoms with Crippen molar-refractivity contribution in [1.82, 2.24) is 0 Å². The Hall–Kier alpha value is 0.01000. The molecule has 90 valence electrons. The van der Waals surface area contributed by atoms with E-state index in [1.54, 1.807) is 0 Å². The number of hydrogen-bond donors (Lipinski definition) is 1. The summed E-state index contributed by atoms with van der Waals surface area (Å²) in [7, 11) is 0. The van der Waals surface area contributed by atoms with Crippen molar-refractivity contribution in [3.8, 4) is 0 Å². The van der Waals surface area contributed by atoms with Crippen LogP contribution >= 0.6 is 23.1 Å². The highest BCUT2D eigenvalue weighted by molar-refractivity contribution is 8.00. The first-order valence-electron chi connectivity index (χ1n) is 6.13. The van der Waals surface area contributed by atoms with Gasteiger partial charge < -0.3 is 5.73 Å². The number of nitrogens with two attached hydrogens (primary N) is 1. The minimum absolute atomic E-state index is 0.253. The zero-order valence-corrected chi connectivity index (χ0v) is 11.7. The van der Waals surface area contributed by atoms with Crippen LogP contribution in [0.2, 0.25) is 0 Å². The van der Waals surface area contributed by atoms with Gasteiger partial charge in [0.2, 0.25) is 0 Å². The van der Waals surface area contributed by atoms with E-state index in [9.17, 15) is 0 Å². The largest absolute Gasteiger partial charge is 0.327 e. The molecule has 1 aliphatic carbocycles. The molecular weight excluding hydrogens is 234 g/mol. The Morgan fingerprint density at radius 3 is 2.62 bits per heavy atom. The Morgan fingerprint density at radius 2 is 2.12 bits per heavy atom. The van der Waals surface area contributed by atoms with Gasteiger partial charge in [0.15, 0.2) is 0 Å². The molecule has 0 amide bonds. The molecule has 0 aliphatic heterocycles. The van der Waals surface area contributed by atoms with Gasteiger partial charge in [0.05, 0.1) is 5.25 Å². The zero-order chi connectivity index (χ0) is 11.5. The molecule has 1 saturated carbocycles. The molecule has 2 rings (SSSR count). The molecule has 1 fully saturated rings. The van der Waals surface area contributed by atoms with E-state index in [1.165, 1.54) is 36.1 Å². The Balaban J connectivity index is 2.08. The second-order valence-corrected chi connectivity index (χ2v) is 7.18. The first kappa shape index (κ1) is 12.5. The van der Waals surface area contributed by atoms with Crippen molar-refractivity contribution in [2.24, 2.45) is 5.73 Å². The van der Waals surface area contributed by atoms with E-state index in [0.29, 0.717) is 5.25 Å². The maximum absolute atomic E-state index is 6.16. The Morgan fingerprint density at radius 1 is 1.44 bits per heavy atom. The Labute approximate surface area is 107 Å². The molecule has 1 aromatic rings. The summed E-state index contributed by atoms with van der Waals surface area (Å²) in [6.07, 6.45) is 5.59. The summed E-state index contributed by atoms with van der Waals surface area (Å²) in [5, 5.41) is 3.54. The fourth-order valence-electron chi connectivity index (χ4n) is 2.33. The van der Waals surface area contributed by atoms with Gasteiger partial charge in [-0.1, -0.05) is 12.8 Å². The third-order valence-corrected chi connectivity index (χ3v) is 6.34. The predicted molar refractivity (Wildman–Crippen MR) is 75.3 cm³/mol. The molecule has 3 heteroatoms. The number of aryl methyl sites for hydroxylation is 1. The van der Waals surface area contributed by atoms with Crippen molar-refractivity contribution >= 4 is 23.1 Å². The lowest BCUT2D eigenvalue weighted by Gasteiger charge is -2.23. The fraction of sp³-hybridized carbons (Fsp3) is 0.692. The summed E-state index contributed by atoms with van der Waals surface area (Å²) in [5.74, 6) is 0. The topological polar surface area (TPSA) is 26.0 Å². The predicted octanol–water partition coefficient (Wildman–Crippen LogP) is 4.12. The summed E-state index contributed by atoms with van der Waals surface area (Å²) in [6, 6.07) is 2.47. The molecule has 1 aliphatic rings. The molecule has 1 nitrogen and oxygen atoms in total. The van der Waals surface area contributed by atoms with Crippen molar-refractivity contribution in [2.75, 3.05) is 0 Å². The van der Waals surface area contributed by atoms with Gasteiger partial charge in [-0.05, 0) is 43.7 Å². The van der Waals surface area contributed by atoms with Gasteiger partial charge in [0.1, 0.15) is 0 Å². The number of thiophene rings is 1. The van der Waals surface area contributed by atoms with Crippen LogP contribution in [0.3, 0.4) is 0 Å². The maximum Gasteiger partial charge on any atom is 0.0544 e. The summed E-state index contributed by atoms with van der Waals surface area (Å²) < 4.78 is 0. The monoisotopic (exact) mass is 255 g/mol. The molecule has 16 heavy (non-hydrogen) atoms. The van der Waals surface area contributed by atoms with Gasteiger partial charge in [-0.25, -0.2) is 0 Å². The van der Waals surface area contributed by atoms with Gasteiger partial charge in [-0.15, -0.1) is 23.1 Å². The highest BCUT2D eigenvalue weighted by Crippen LogP contribution is 2.43. The van der Waals surface area contributed by atoms with Crippen molar-refractivity contribution in [3.63, 3.8) is 0 Å². The fourth-order valence-corrected chi connectivity index (χ4v) is 5.26. The first-order valence-corrected chi connectivity index (χ1v) is 7.95. The van der Waals surface area contributed by atoms with Gasteiger partial charge >= 0.3 is 0 Å². The Kier molecular flexibility index (Phi) is 4.34. The molecule has 0 saturated heterocycles. The van der Waals surface area contributed by atoms with Crippen LogP contribution < -0.4 is 5.73 Å². The zero-order valence-electron chi connectivity index (χ0n) is 10.1. The van der Waals surface area contributed by atoms with Crippen molar-refractivity contribution in [3.05, 3.63) is 21.9 Å². The molecule has 0 bridgehead atoms. The average Bonchev–Trinajstić information content (AvgIpc) is 2.85. The van der Waals surface area contributed by atoms with E-state index in [2.05, 4.69) is 37.1 Å². The molecule has 2 unspecified atom stereocenters. The summed E-state index contributed by atoms with van der Waals surface area (Å²) >= 11 is 3.99. The third-order valence-electron chi connectivity index (χ3n) is 3.28. The van der Waals surface area contributed by atoms with E-state index in [0.717, 1.165) is 5.25 Å². The molecule has 1 heterocycles. The van der Waals surface area contributed by atoms with Crippen molar-refractivity contribution in [2.45, 2.75) is 56.1 Å². The quantitative estimate of drug-likeness (QED) is 0.876. The van der Waals surface area contributed by atoms with Gasteiger partial charge in [0, 0.05) is 16.2 Å². The van der Waals surface area contributed by atoms with Crippen LogP contribution in [-0.4, -0.2) is 11.3 Å². The van der Waals surface area contributed by atoms with Crippen LogP contribution in [0.4, 0.5) is 0 Å². The summed E-state index contributed by atoms with van der Waals surface area (Å²) in [4.78, 5) is 1.49. The molecule has 2 N–H and O–H groups in total. The molecular formula is C13H21NS2. The highest BCUT2D eigenvalue weighted by Gasteiger charge is 2.26. The first-order chi connectivity index (χ1) is 7.68.